The van der Waals surface area contributed by atoms with Crippen LogP contribution in [-0.2, 0) is 4.43 Å². The maximum absolute atomic E-state index is 5.73. The Morgan fingerprint density at radius 1 is 1.18 bits per heavy atom. The molecular weight excluding hydrogens is 152 g/mol. The van der Waals surface area contributed by atoms with Crippen LogP contribution in [0.25, 0.3) is 0 Å². The van der Waals surface area contributed by atoms with Crippen molar-refractivity contribution in [2.24, 2.45) is 11.8 Å². The van der Waals surface area contributed by atoms with Crippen molar-refractivity contribution in [2.75, 3.05) is 0 Å². The lowest BCUT2D eigenvalue weighted by Crippen LogP contribution is -2.26. The third-order valence-electron chi connectivity index (χ3n) is 1.72. The molecule has 0 atom stereocenters. The van der Waals surface area contributed by atoms with Crippen molar-refractivity contribution in [1.29, 1.82) is 0 Å². The highest BCUT2D eigenvalue weighted by Crippen LogP contribution is 2.15. The van der Waals surface area contributed by atoms with Gasteiger partial charge < -0.3 is 4.43 Å². The van der Waals surface area contributed by atoms with Crippen LogP contribution >= 0.6 is 0 Å². The highest BCUT2D eigenvalue weighted by molar-refractivity contribution is 6.34. The molecule has 0 spiro atoms. The fraction of sp³-hybridized carbons (Fsp3) is 0.778. The topological polar surface area (TPSA) is 9.23 Å². The highest BCUT2D eigenvalue weighted by Gasteiger charge is 2.16. The SMILES string of the molecule is C=C[SiH2]OC(C(C)C)C(C)C. The summed E-state index contributed by atoms with van der Waals surface area (Å²) in [7, 11) is -0.447. The molecule has 0 aromatic heterocycles. The smallest absolute Gasteiger partial charge is 0.185 e. The minimum absolute atomic E-state index is 0.430. The average Bonchev–Trinajstić information content (AvgIpc) is 1.87. The molecule has 0 aliphatic rings. The lowest BCUT2D eigenvalue weighted by atomic mass is 9.97. The summed E-state index contributed by atoms with van der Waals surface area (Å²) >= 11 is 0. The van der Waals surface area contributed by atoms with Gasteiger partial charge in [-0.2, -0.15) is 0 Å². The summed E-state index contributed by atoms with van der Waals surface area (Å²) in [6, 6.07) is 0. The molecule has 0 rings (SSSR count). The van der Waals surface area contributed by atoms with Crippen molar-refractivity contribution in [3.05, 3.63) is 12.3 Å². The highest BCUT2D eigenvalue weighted by atomic mass is 28.2. The predicted molar refractivity (Wildman–Crippen MR) is 53.3 cm³/mol. The number of rotatable bonds is 5. The van der Waals surface area contributed by atoms with Crippen molar-refractivity contribution in [2.45, 2.75) is 33.8 Å². The van der Waals surface area contributed by atoms with Gasteiger partial charge in [-0.1, -0.05) is 33.4 Å². The van der Waals surface area contributed by atoms with Gasteiger partial charge in [0.05, 0.1) is 0 Å². The Hall–Kier alpha value is -0.0831. The van der Waals surface area contributed by atoms with E-state index < -0.39 is 9.76 Å². The van der Waals surface area contributed by atoms with Gasteiger partial charge in [-0.05, 0) is 11.8 Å². The summed E-state index contributed by atoms with van der Waals surface area (Å²) < 4.78 is 5.73. The normalized spacial score (nSPS) is 12.6. The molecule has 11 heavy (non-hydrogen) atoms. The molecule has 0 saturated heterocycles. The molecule has 0 aromatic carbocycles. The van der Waals surface area contributed by atoms with Gasteiger partial charge in [0, 0.05) is 6.10 Å². The third kappa shape index (κ3) is 4.38. The summed E-state index contributed by atoms with van der Waals surface area (Å²) in [6.07, 6.45) is 0.430. The van der Waals surface area contributed by atoms with E-state index in [9.17, 15) is 0 Å². The molecule has 0 amide bonds. The van der Waals surface area contributed by atoms with Gasteiger partial charge in [-0.25, -0.2) is 0 Å². The van der Waals surface area contributed by atoms with E-state index in [0.717, 1.165) is 0 Å². The zero-order chi connectivity index (χ0) is 8.85. The summed E-state index contributed by atoms with van der Waals surface area (Å²) in [5, 5.41) is 0. The van der Waals surface area contributed by atoms with Crippen LogP contribution < -0.4 is 0 Å². The first-order chi connectivity index (χ1) is 5.09. The lowest BCUT2D eigenvalue weighted by molar-refractivity contribution is 0.113. The molecule has 0 bridgehead atoms. The van der Waals surface area contributed by atoms with Crippen molar-refractivity contribution >= 4 is 9.76 Å². The lowest BCUT2D eigenvalue weighted by Gasteiger charge is -2.24. The van der Waals surface area contributed by atoms with Crippen molar-refractivity contribution in [3.8, 4) is 0 Å². The van der Waals surface area contributed by atoms with Crippen LogP contribution in [0.4, 0.5) is 0 Å². The third-order valence-corrected chi connectivity index (χ3v) is 2.53. The van der Waals surface area contributed by atoms with Crippen LogP contribution in [0.3, 0.4) is 0 Å². The second-order valence-electron chi connectivity index (χ2n) is 3.57. The fourth-order valence-corrected chi connectivity index (χ4v) is 2.46. The maximum Gasteiger partial charge on any atom is 0.185 e. The Kier molecular flexibility index (Phi) is 5.51. The van der Waals surface area contributed by atoms with E-state index in [1.54, 1.807) is 0 Å². The molecule has 0 heterocycles. The standard InChI is InChI=1S/C9H20OSi/c1-6-11-10-9(7(2)3)8(4)5/h6-9H,1,11H2,2-5H3. The molecule has 0 N–H and O–H groups in total. The van der Waals surface area contributed by atoms with Crippen LogP contribution in [0, 0.1) is 11.8 Å². The maximum atomic E-state index is 5.73. The molecule has 0 unspecified atom stereocenters. The first-order valence-corrected chi connectivity index (χ1v) is 5.71. The minimum Gasteiger partial charge on any atom is -0.416 e. The average molecular weight is 172 g/mol. The molecular formula is C9H20OSi. The van der Waals surface area contributed by atoms with Crippen LogP contribution in [0.2, 0.25) is 0 Å². The summed E-state index contributed by atoms with van der Waals surface area (Å²) in [4.78, 5) is 0. The first-order valence-electron chi connectivity index (χ1n) is 4.32. The van der Waals surface area contributed by atoms with Crippen LogP contribution in [0.1, 0.15) is 27.7 Å². The van der Waals surface area contributed by atoms with Gasteiger partial charge in [-0.15, -0.1) is 6.58 Å². The second-order valence-corrected chi connectivity index (χ2v) is 4.82. The van der Waals surface area contributed by atoms with Crippen molar-refractivity contribution < 1.29 is 4.43 Å². The Balaban J connectivity index is 3.79. The second kappa shape index (κ2) is 5.55. The molecule has 0 saturated carbocycles. The van der Waals surface area contributed by atoms with E-state index in [0.29, 0.717) is 17.9 Å². The van der Waals surface area contributed by atoms with E-state index in [1.807, 2.05) is 5.70 Å². The Bertz CT molecular complexity index is 102. The van der Waals surface area contributed by atoms with Gasteiger partial charge >= 0.3 is 0 Å². The van der Waals surface area contributed by atoms with Crippen LogP contribution in [0.15, 0.2) is 12.3 Å². The van der Waals surface area contributed by atoms with Gasteiger partial charge in [0.2, 0.25) is 0 Å². The van der Waals surface area contributed by atoms with Gasteiger partial charge in [0.1, 0.15) is 0 Å². The molecule has 0 aliphatic carbocycles. The molecule has 0 radical (unpaired) electrons. The van der Waals surface area contributed by atoms with Gasteiger partial charge in [0.25, 0.3) is 0 Å². The number of hydrogen-bond donors (Lipinski definition) is 0. The number of hydrogen-bond acceptors (Lipinski definition) is 1. The van der Waals surface area contributed by atoms with E-state index in [2.05, 4.69) is 34.3 Å². The van der Waals surface area contributed by atoms with E-state index >= 15 is 0 Å². The van der Waals surface area contributed by atoms with Gasteiger partial charge in [0.15, 0.2) is 9.76 Å². The Morgan fingerprint density at radius 3 is 1.91 bits per heavy atom. The zero-order valence-electron chi connectivity index (χ0n) is 8.13. The summed E-state index contributed by atoms with van der Waals surface area (Å²) in [6.45, 7) is 12.5. The van der Waals surface area contributed by atoms with Crippen LogP contribution in [0.5, 0.6) is 0 Å². The van der Waals surface area contributed by atoms with E-state index in [-0.39, 0.29) is 0 Å². The minimum atomic E-state index is -0.447. The fourth-order valence-electron chi connectivity index (χ4n) is 1.33. The molecule has 1 nitrogen and oxygen atoms in total. The Labute approximate surface area is 72.8 Å². The molecule has 66 valence electrons. The quantitative estimate of drug-likeness (QED) is 0.576. The molecule has 0 aliphatic heterocycles. The molecule has 2 heteroatoms. The Morgan fingerprint density at radius 2 is 1.64 bits per heavy atom. The molecule has 0 aromatic rings. The van der Waals surface area contributed by atoms with Gasteiger partial charge in [-0.3, -0.25) is 0 Å². The zero-order valence-corrected chi connectivity index (χ0v) is 9.55. The summed E-state index contributed by atoms with van der Waals surface area (Å²) in [5.41, 5.74) is 1.94. The summed E-state index contributed by atoms with van der Waals surface area (Å²) in [5.74, 6) is 1.25. The predicted octanol–water partition coefficient (Wildman–Crippen LogP) is 1.91. The first kappa shape index (κ1) is 10.9. The van der Waals surface area contributed by atoms with Crippen molar-refractivity contribution in [3.63, 3.8) is 0 Å². The molecule has 0 fully saturated rings. The van der Waals surface area contributed by atoms with Crippen molar-refractivity contribution in [1.82, 2.24) is 0 Å². The van der Waals surface area contributed by atoms with E-state index in [4.69, 9.17) is 4.43 Å². The monoisotopic (exact) mass is 172 g/mol. The van der Waals surface area contributed by atoms with E-state index in [1.165, 1.54) is 0 Å². The largest absolute Gasteiger partial charge is 0.416 e. The van der Waals surface area contributed by atoms with Crippen LogP contribution in [-0.4, -0.2) is 15.9 Å².